The van der Waals surface area contributed by atoms with Gasteiger partial charge in [0, 0.05) is 31.7 Å². The number of aryl methyl sites for hydroxylation is 1. The van der Waals surface area contributed by atoms with Crippen LogP contribution in [0.25, 0.3) is 0 Å². The average molecular weight is 332 g/mol. The summed E-state index contributed by atoms with van der Waals surface area (Å²) in [4.78, 5) is 16.9. The highest BCUT2D eigenvalue weighted by molar-refractivity contribution is 5.94. The molecule has 134 valence electrons. The highest BCUT2D eigenvalue weighted by atomic mass is 16.3. The van der Waals surface area contributed by atoms with Gasteiger partial charge in [-0.2, -0.15) is 0 Å². The Morgan fingerprint density at radius 3 is 2.71 bits per heavy atom. The Balaban J connectivity index is 1.93. The van der Waals surface area contributed by atoms with E-state index in [-0.39, 0.29) is 5.91 Å². The van der Waals surface area contributed by atoms with E-state index < -0.39 is 5.60 Å². The lowest BCUT2D eigenvalue weighted by Crippen LogP contribution is -2.45. The smallest absolute Gasteiger partial charge is 0.228 e. The molecule has 0 unspecified atom stereocenters. The van der Waals surface area contributed by atoms with E-state index in [1.807, 2.05) is 56.9 Å². The van der Waals surface area contributed by atoms with Gasteiger partial charge in [0.2, 0.25) is 5.91 Å². The first-order chi connectivity index (χ1) is 11.3. The molecule has 4 nitrogen and oxygen atoms in total. The third-order valence-corrected chi connectivity index (χ3v) is 5.17. The minimum atomic E-state index is -0.640. The molecule has 1 aromatic carbocycles. The zero-order chi connectivity index (χ0) is 17.7. The molecule has 0 bridgehead atoms. The normalized spacial score (nSPS) is 19.3. The van der Waals surface area contributed by atoms with Gasteiger partial charge in [0.1, 0.15) is 0 Å². The van der Waals surface area contributed by atoms with Crippen LogP contribution in [0.1, 0.15) is 45.6 Å². The van der Waals surface area contributed by atoms with Crippen LogP contribution in [0.2, 0.25) is 0 Å². The van der Waals surface area contributed by atoms with Gasteiger partial charge in [-0.1, -0.05) is 18.2 Å². The van der Waals surface area contributed by atoms with Crippen LogP contribution in [0.3, 0.4) is 0 Å². The molecule has 1 aliphatic heterocycles. The van der Waals surface area contributed by atoms with Gasteiger partial charge in [-0.25, -0.2) is 0 Å². The van der Waals surface area contributed by atoms with Crippen LogP contribution in [0.4, 0.5) is 5.69 Å². The molecule has 1 N–H and O–H groups in total. The van der Waals surface area contributed by atoms with Crippen LogP contribution in [0.5, 0.6) is 0 Å². The first-order valence-electron chi connectivity index (χ1n) is 9.13. The average Bonchev–Trinajstić information content (AvgIpc) is 2.55. The van der Waals surface area contributed by atoms with Gasteiger partial charge in [-0.05, 0) is 64.6 Å². The summed E-state index contributed by atoms with van der Waals surface area (Å²) in [5, 5.41) is 10.2. The van der Waals surface area contributed by atoms with Crippen LogP contribution >= 0.6 is 0 Å². The minimum absolute atomic E-state index is 0.178. The maximum absolute atomic E-state index is 12.7. The number of anilines is 1. The number of piperidine rings is 1. The first kappa shape index (κ1) is 18.9. The summed E-state index contributed by atoms with van der Waals surface area (Å²) in [5.41, 5.74) is 1.50. The van der Waals surface area contributed by atoms with Crippen molar-refractivity contribution in [3.8, 4) is 0 Å². The van der Waals surface area contributed by atoms with E-state index in [9.17, 15) is 9.90 Å². The molecule has 0 aliphatic carbocycles. The van der Waals surface area contributed by atoms with E-state index in [1.165, 1.54) is 0 Å². The second-order valence-corrected chi connectivity index (χ2v) is 7.47. The molecule has 4 heteroatoms. The molecular weight excluding hydrogens is 300 g/mol. The monoisotopic (exact) mass is 332 g/mol. The largest absolute Gasteiger partial charge is 0.390 e. The lowest BCUT2D eigenvalue weighted by atomic mass is 9.84. The number of hydrogen-bond acceptors (Lipinski definition) is 3. The predicted octanol–water partition coefficient (Wildman–Crippen LogP) is 3.22. The van der Waals surface area contributed by atoms with Gasteiger partial charge < -0.3 is 14.9 Å². The second kappa shape index (κ2) is 8.13. The number of carbonyl (C=O) groups is 1. The summed E-state index contributed by atoms with van der Waals surface area (Å²) < 4.78 is 0. The number of aliphatic hydroxyl groups is 1. The van der Waals surface area contributed by atoms with Crippen LogP contribution < -0.4 is 4.90 Å². The number of hydrogen-bond donors (Lipinski definition) is 1. The molecule has 1 atom stereocenters. The molecule has 2 rings (SSSR count). The molecule has 1 amide bonds. The van der Waals surface area contributed by atoms with Gasteiger partial charge in [0.25, 0.3) is 0 Å². The Morgan fingerprint density at radius 1 is 1.38 bits per heavy atom. The molecule has 1 aromatic rings. The van der Waals surface area contributed by atoms with Gasteiger partial charge in [-0.3, -0.25) is 4.79 Å². The van der Waals surface area contributed by atoms with E-state index in [4.69, 9.17) is 0 Å². The zero-order valence-corrected chi connectivity index (χ0v) is 15.6. The Labute approximate surface area is 146 Å². The fourth-order valence-corrected chi connectivity index (χ4v) is 3.57. The quantitative estimate of drug-likeness (QED) is 0.870. The minimum Gasteiger partial charge on any atom is -0.390 e. The van der Waals surface area contributed by atoms with Crippen molar-refractivity contribution < 1.29 is 9.90 Å². The first-order valence-corrected chi connectivity index (χ1v) is 9.13. The standard InChI is InChI=1S/C20H32N2O2/c1-5-22(18-11-7-6-9-16(18)2)19(23)12-14-21-13-8-10-17(15-21)20(3,4)24/h6-7,9,11,17,24H,5,8,10,12-15H2,1-4H3/t17-/m1/s1. The van der Waals surface area contributed by atoms with Gasteiger partial charge in [-0.15, -0.1) is 0 Å². The number of para-hydroxylation sites is 1. The van der Waals surface area contributed by atoms with Gasteiger partial charge >= 0.3 is 0 Å². The van der Waals surface area contributed by atoms with E-state index in [0.29, 0.717) is 18.9 Å². The zero-order valence-electron chi connectivity index (χ0n) is 15.6. The van der Waals surface area contributed by atoms with Crippen LogP contribution in [0.15, 0.2) is 24.3 Å². The number of benzene rings is 1. The third-order valence-electron chi connectivity index (χ3n) is 5.17. The van der Waals surface area contributed by atoms with Crippen LogP contribution in [0, 0.1) is 12.8 Å². The Kier molecular flexibility index (Phi) is 6.41. The van der Waals surface area contributed by atoms with E-state index in [2.05, 4.69) is 4.90 Å². The molecule has 0 radical (unpaired) electrons. The maximum Gasteiger partial charge on any atom is 0.228 e. The number of nitrogens with zero attached hydrogens (tertiary/aromatic N) is 2. The maximum atomic E-state index is 12.7. The van der Waals surface area contributed by atoms with Crippen LogP contribution in [-0.4, -0.2) is 47.7 Å². The van der Waals surface area contributed by atoms with Crippen molar-refractivity contribution >= 4 is 11.6 Å². The van der Waals surface area contributed by atoms with Crippen molar-refractivity contribution in [3.05, 3.63) is 29.8 Å². The predicted molar refractivity (Wildman–Crippen MR) is 99.3 cm³/mol. The van der Waals surface area contributed by atoms with Crippen molar-refractivity contribution in [1.82, 2.24) is 4.90 Å². The number of carbonyl (C=O) groups excluding carboxylic acids is 1. The number of likely N-dealkylation sites (tertiary alicyclic amines) is 1. The van der Waals surface area contributed by atoms with Crippen molar-refractivity contribution in [3.63, 3.8) is 0 Å². The summed E-state index contributed by atoms with van der Waals surface area (Å²) in [6.45, 7) is 11.2. The summed E-state index contributed by atoms with van der Waals surface area (Å²) in [6.07, 6.45) is 2.69. The van der Waals surface area contributed by atoms with E-state index in [1.54, 1.807) is 0 Å². The lowest BCUT2D eigenvalue weighted by Gasteiger charge is -2.38. The van der Waals surface area contributed by atoms with Crippen molar-refractivity contribution in [2.75, 3.05) is 31.1 Å². The molecule has 0 saturated carbocycles. The molecule has 0 spiro atoms. The molecule has 24 heavy (non-hydrogen) atoms. The summed E-state index contributed by atoms with van der Waals surface area (Å²) in [6, 6.07) is 8.05. The lowest BCUT2D eigenvalue weighted by molar-refractivity contribution is -0.119. The molecule has 1 aliphatic rings. The summed E-state index contributed by atoms with van der Waals surface area (Å²) >= 11 is 0. The topological polar surface area (TPSA) is 43.8 Å². The molecular formula is C20H32N2O2. The van der Waals surface area contributed by atoms with Gasteiger partial charge in [0.15, 0.2) is 0 Å². The molecule has 1 saturated heterocycles. The van der Waals surface area contributed by atoms with E-state index in [0.717, 1.165) is 43.7 Å². The Morgan fingerprint density at radius 2 is 2.08 bits per heavy atom. The third kappa shape index (κ3) is 4.81. The second-order valence-electron chi connectivity index (χ2n) is 7.47. The molecule has 1 heterocycles. The van der Waals surface area contributed by atoms with Crippen molar-refractivity contribution in [2.45, 2.75) is 52.6 Å². The van der Waals surface area contributed by atoms with Gasteiger partial charge in [0.05, 0.1) is 5.60 Å². The van der Waals surface area contributed by atoms with Crippen molar-refractivity contribution in [1.29, 1.82) is 0 Å². The Hall–Kier alpha value is -1.39. The van der Waals surface area contributed by atoms with Crippen molar-refractivity contribution in [2.24, 2.45) is 5.92 Å². The fraction of sp³-hybridized carbons (Fsp3) is 0.650. The number of rotatable bonds is 6. The SMILES string of the molecule is CCN(C(=O)CCN1CCC[C@@H](C(C)(C)O)C1)c1ccccc1C. The Bertz CT molecular complexity index is 551. The fourth-order valence-electron chi connectivity index (χ4n) is 3.57. The van der Waals surface area contributed by atoms with E-state index >= 15 is 0 Å². The number of amides is 1. The molecule has 1 fully saturated rings. The summed E-state index contributed by atoms with van der Waals surface area (Å²) in [7, 11) is 0. The molecule has 0 aromatic heterocycles. The van der Waals surface area contributed by atoms with Crippen LogP contribution in [-0.2, 0) is 4.79 Å². The summed E-state index contributed by atoms with van der Waals surface area (Å²) in [5.74, 6) is 0.470. The highest BCUT2D eigenvalue weighted by Crippen LogP contribution is 2.27. The highest BCUT2D eigenvalue weighted by Gasteiger charge is 2.31.